The van der Waals surface area contributed by atoms with Crippen molar-refractivity contribution in [2.75, 3.05) is 5.73 Å². The second kappa shape index (κ2) is 4.78. The van der Waals surface area contributed by atoms with E-state index in [0.717, 1.165) is 6.42 Å². The summed E-state index contributed by atoms with van der Waals surface area (Å²) in [6, 6.07) is 7.42. The number of carbonyl (C=O) groups is 1. The molecule has 3 N–H and O–H groups in total. The van der Waals surface area contributed by atoms with Crippen molar-refractivity contribution in [2.45, 2.75) is 32.7 Å². The number of rotatable bonds is 2. The molecule has 1 aromatic rings. The van der Waals surface area contributed by atoms with E-state index in [1.165, 1.54) is 6.42 Å². The van der Waals surface area contributed by atoms with Crippen LogP contribution in [0.15, 0.2) is 24.3 Å². The Hall–Kier alpha value is -1.51. The standard InChI is InChI=1S/C14H20N2O/c1-9-6-7-13(10(9)2)16-14(17)11-4-3-5-12(15)8-11/h3-5,8-10,13H,6-7,15H2,1-2H3,(H,16,17). The van der Waals surface area contributed by atoms with Crippen LogP contribution in [0.25, 0.3) is 0 Å². The van der Waals surface area contributed by atoms with Crippen LogP contribution in [0.4, 0.5) is 5.69 Å². The van der Waals surface area contributed by atoms with Crippen LogP contribution in [0.5, 0.6) is 0 Å². The van der Waals surface area contributed by atoms with Crippen molar-refractivity contribution in [3.63, 3.8) is 0 Å². The highest BCUT2D eigenvalue weighted by molar-refractivity contribution is 5.95. The SMILES string of the molecule is CC1CCC(NC(=O)c2cccc(N)c2)C1C. The molecular weight excluding hydrogens is 212 g/mol. The molecule has 3 atom stereocenters. The first-order valence-corrected chi connectivity index (χ1v) is 6.24. The number of carbonyl (C=O) groups excluding carboxylic acids is 1. The third kappa shape index (κ3) is 2.60. The molecule has 1 amide bonds. The molecule has 3 unspecified atom stereocenters. The molecule has 1 aliphatic carbocycles. The van der Waals surface area contributed by atoms with Gasteiger partial charge >= 0.3 is 0 Å². The van der Waals surface area contributed by atoms with Gasteiger partial charge in [0.15, 0.2) is 0 Å². The predicted molar refractivity (Wildman–Crippen MR) is 69.7 cm³/mol. The molecule has 0 bridgehead atoms. The number of nitrogens with two attached hydrogens (primary N) is 1. The van der Waals surface area contributed by atoms with Crippen LogP contribution in [0.2, 0.25) is 0 Å². The van der Waals surface area contributed by atoms with Crippen LogP contribution < -0.4 is 11.1 Å². The molecule has 1 aromatic carbocycles. The third-order valence-corrected chi connectivity index (χ3v) is 3.93. The van der Waals surface area contributed by atoms with Gasteiger partial charge in [0.25, 0.3) is 5.91 Å². The zero-order chi connectivity index (χ0) is 12.4. The molecule has 1 fully saturated rings. The fourth-order valence-electron chi connectivity index (χ4n) is 2.50. The van der Waals surface area contributed by atoms with E-state index in [2.05, 4.69) is 19.2 Å². The minimum absolute atomic E-state index is 0.0109. The van der Waals surface area contributed by atoms with E-state index in [0.29, 0.717) is 29.1 Å². The highest BCUT2D eigenvalue weighted by Crippen LogP contribution is 2.31. The predicted octanol–water partition coefficient (Wildman–Crippen LogP) is 2.43. The van der Waals surface area contributed by atoms with E-state index in [1.54, 1.807) is 18.2 Å². The van der Waals surface area contributed by atoms with Crippen molar-refractivity contribution in [1.82, 2.24) is 5.32 Å². The second-order valence-electron chi connectivity index (χ2n) is 5.12. The van der Waals surface area contributed by atoms with Gasteiger partial charge in [-0.15, -0.1) is 0 Å². The van der Waals surface area contributed by atoms with Crippen molar-refractivity contribution >= 4 is 11.6 Å². The van der Waals surface area contributed by atoms with Gasteiger partial charge in [-0.05, 0) is 42.9 Å². The van der Waals surface area contributed by atoms with Crippen molar-refractivity contribution < 1.29 is 4.79 Å². The van der Waals surface area contributed by atoms with Gasteiger partial charge in [-0.1, -0.05) is 19.9 Å². The lowest BCUT2D eigenvalue weighted by molar-refractivity contribution is 0.0927. The highest BCUT2D eigenvalue weighted by Gasteiger charge is 2.30. The number of benzene rings is 1. The summed E-state index contributed by atoms with van der Waals surface area (Å²) in [5.41, 5.74) is 6.95. The topological polar surface area (TPSA) is 55.1 Å². The van der Waals surface area contributed by atoms with Crippen molar-refractivity contribution in [1.29, 1.82) is 0 Å². The summed E-state index contributed by atoms with van der Waals surface area (Å²) in [6.45, 7) is 4.46. The first-order chi connectivity index (χ1) is 8.08. The second-order valence-corrected chi connectivity index (χ2v) is 5.12. The van der Waals surface area contributed by atoms with E-state index in [1.807, 2.05) is 6.07 Å². The van der Waals surface area contributed by atoms with Gasteiger partial charge in [-0.25, -0.2) is 0 Å². The summed E-state index contributed by atoms with van der Waals surface area (Å²) in [5, 5.41) is 3.11. The van der Waals surface area contributed by atoms with E-state index in [4.69, 9.17) is 5.73 Å². The quantitative estimate of drug-likeness (QED) is 0.769. The minimum Gasteiger partial charge on any atom is -0.399 e. The lowest BCUT2D eigenvalue weighted by Gasteiger charge is -2.19. The molecule has 0 heterocycles. The monoisotopic (exact) mass is 232 g/mol. The van der Waals surface area contributed by atoms with Crippen LogP contribution in [0, 0.1) is 11.8 Å². The Balaban J connectivity index is 2.02. The van der Waals surface area contributed by atoms with Crippen molar-refractivity contribution in [3.05, 3.63) is 29.8 Å². The molecular formula is C14H20N2O. The number of nitrogens with one attached hydrogen (secondary N) is 1. The Morgan fingerprint density at radius 1 is 1.35 bits per heavy atom. The summed E-state index contributed by atoms with van der Waals surface area (Å²) in [5.74, 6) is 1.24. The molecule has 0 radical (unpaired) electrons. The lowest BCUT2D eigenvalue weighted by atomic mass is 9.97. The molecule has 2 rings (SSSR count). The smallest absolute Gasteiger partial charge is 0.251 e. The third-order valence-electron chi connectivity index (χ3n) is 3.93. The first kappa shape index (κ1) is 12.0. The summed E-state index contributed by atoms with van der Waals surface area (Å²) in [4.78, 5) is 12.0. The molecule has 92 valence electrons. The number of amides is 1. The van der Waals surface area contributed by atoms with Crippen molar-refractivity contribution in [2.24, 2.45) is 11.8 Å². The fraction of sp³-hybridized carbons (Fsp3) is 0.500. The largest absolute Gasteiger partial charge is 0.399 e. The van der Waals surface area contributed by atoms with Gasteiger partial charge in [0.2, 0.25) is 0 Å². The molecule has 0 spiro atoms. The zero-order valence-corrected chi connectivity index (χ0v) is 10.4. The van der Waals surface area contributed by atoms with Crippen LogP contribution in [0.3, 0.4) is 0 Å². The van der Waals surface area contributed by atoms with Gasteiger partial charge < -0.3 is 11.1 Å². The normalized spacial score (nSPS) is 28.0. The maximum Gasteiger partial charge on any atom is 0.251 e. The molecule has 1 aliphatic rings. The van der Waals surface area contributed by atoms with Crippen LogP contribution in [0.1, 0.15) is 37.0 Å². The Bertz CT molecular complexity index is 416. The number of nitrogen functional groups attached to an aromatic ring is 1. The van der Waals surface area contributed by atoms with Gasteiger partial charge in [0, 0.05) is 17.3 Å². The summed E-state index contributed by atoms with van der Waals surface area (Å²) >= 11 is 0. The molecule has 3 nitrogen and oxygen atoms in total. The highest BCUT2D eigenvalue weighted by atomic mass is 16.1. The first-order valence-electron chi connectivity index (χ1n) is 6.24. The van der Waals surface area contributed by atoms with E-state index < -0.39 is 0 Å². The molecule has 17 heavy (non-hydrogen) atoms. The minimum atomic E-state index is -0.0109. The number of anilines is 1. The molecule has 0 aliphatic heterocycles. The average Bonchev–Trinajstić information content (AvgIpc) is 2.61. The van der Waals surface area contributed by atoms with Gasteiger partial charge in [0.1, 0.15) is 0 Å². The fourth-order valence-corrected chi connectivity index (χ4v) is 2.50. The number of hydrogen-bond acceptors (Lipinski definition) is 2. The van der Waals surface area contributed by atoms with Gasteiger partial charge in [-0.2, -0.15) is 0 Å². The maximum absolute atomic E-state index is 12.0. The maximum atomic E-state index is 12.0. The number of hydrogen-bond donors (Lipinski definition) is 2. The van der Waals surface area contributed by atoms with Crippen LogP contribution in [-0.4, -0.2) is 11.9 Å². The van der Waals surface area contributed by atoms with E-state index >= 15 is 0 Å². The van der Waals surface area contributed by atoms with Crippen molar-refractivity contribution in [3.8, 4) is 0 Å². The molecule has 3 heteroatoms. The lowest BCUT2D eigenvalue weighted by Crippen LogP contribution is -2.37. The van der Waals surface area contributed by atoms with Crippen LogP contribution in [-0.2, 0) is 0 Å². The van der Waals surface area contributed by atoms with Gasteiger partial charge in [0.05, 0.1) is 0 Å². The van der Waals surface area contributed by atoms with E-state index in [9.17, 15) is 4.79 Å². The summed E-state index contributed by atoms with van der Waals surface area (Å²) < 4.78 is 0. The molecule has 1 saturated carbocycles. The Labute approximate surface area is 102 Å². The summed E-state index contributed by atoms with van der Waals surface area (Å²) in [7, 11) is 0. The Morgan fingerprint density at radius 3 is 2.71 bits per heavy atom. The molecule has 0 saturated heterocycles. The zero-order valence-electron chi connectivity index (χ0n) is 10.4. The average molecular weight is 232 g/mol. The summed E-state index contributed by atoms with van der Waals surface area (Å²) in [6.07, 6.45) is 2.28. The van der Waals surface area contributed by atoms with Gasteiger partial charge in [-0.3, -0.25) is 4.79 Å². The Morgan fingerprint density at radius 2 is 2.12 bits per heavy atom. The molecule has 0 aromatic heterocycles. The Kier molecular flexibility index (Phi) is 3.36. The van der Waals surface area contributed by atoms with E-state index in [-0.39, 0.29) is 5.91 Å². The van der Waals surface area contributed by atoms with Crippen LogP contribution >= 0.6 is 0 Å².